The normalized spacial score (nSPS) is 30.7. The molecule has 1 aliphatic heterocycles. The van der Waals surface area contributed by atoms with Gasteiger partial charge in [0.25, 0.3) is 0 Å². The van der Waals surface area contributed by atoms with Gasteiger partial charge in [-0.1, -0.05) is 18.6 Å². The van der Waals surface area contributed by atoms with Crippen molar-refractivity contribution in [1.29, 1.82) is 0 Å². The van der Waals surface area contributed by atoms with Crippen molar-refractivity contribution in [3.63, 3.8) is 0 Å². The van der Waals surface area contributed by atoms with Crippen LogP contribution in [0.25, 0.3) is 0 Å². The monoisotopic (exact) mass is 290 g/mol. The van der Waals surface area contributed by atoms with E-state index in [2.05, 4.69) is 0 Å². The van der Waals surface area contributed by atoms with Crippen LogP contribution in [0.1, 0.15) is 30.9 Å². The van der Waals surface area contributed by atoms with E-state index in [1.807, 2.05) is 24.3 Å². The fourth-order valence-electron chi connectivity index (χ4n) is 3.61. The second-order valence-corrected chi connectivity index (χ2v) is 5.56. The van der Waals surface area contributed by atoms with Gasteiger partial charge in [-0.25, -0.2) is 0 Å². The fourth-order valence-corrected chi connectivity index (χ4v) is 3.61. The van der Waals surface area contributed by atoms with Crippen molar-refractivity contribution in [2.24, 2.45) is 11.3 Å². The van der Waals surface area contributed by atoms with E-state index in [1.165, 1.54) is 7.11 Å². The Hall–Kier alpha value is -2.04. The molecule has 112 valence electrons. The zero-order valence-corrected chi connectivity index (χ0v) is 12.1. The van der Waals surface area contributed by atoms with Crippen LogP contribution >= 0.6 is 0 Å². The molecule has 5 heteroatoms. The molecule has 1 saturated carbocycles. The van der Waals surface area contributed by atoms with Crippen LogP contribution in [0, 0.1) is 11.3 Å². The topological polar surface area (TPSA) is 61.8 Å². The first kappa shape index (κ1) is 13.9. The van der Waals surface area contributed by atoms with Crippen LogP contribution in [-0.2, 0) is 19.1 Å². The third-order valence-corrected chi connectivity index (χ3v) is 4.68. The highest BCUT2D eigenvalue weighted by Gasteiger charge is 2.65. The number of rotatable bonds is 3. The van der Waals surface area contributed by atoms with E-state index in [1.54, 1.807) is 7.11 Å². The second kappa shape index (κ2) is 5.06. The Bertz CT molecular complexity index is 565. The number of methoxy groups -OCH3 is 2. The Labute approximate surface area is 123 Å². The van der Waals surface area contributed by atoms with E-state index in [-0.39, 0.29) is 12.0 Å². The summed E-state index contributed by atoms with van der Waals surface area (Å²) >= 11 is 0. The molecule has 1 saturated heterocycles. The molecule has 0 aromatic heterocycles. The standard InChI is InChI=1S/C16H18O5/c1-19-11-7-5-10(6-8-11)13-12-4-3-9-16(12,14(17)20-2)15(18)21-13/h5-8,12-13H,3-4,9H2,1-2H3/t12-,13-,16-/m0/s1. The summed E-state index contributed by atoms with van der Waals surface area (Å²) in [6, 6.07) is 7.41. The maximum Gasteiger partial charge on any atom is 0.324 e. The Kier molecular flexibility index (Phi) is 3.35. The van der Waals surface area contributed by atoms with Crippen LogP contribution in [0.15, 0.2) is 24.3 Å². The fraction of sp³-hybridized carbons (Fsp3) is 0.500. The molecule has 1 aliphatic carbocycles. The summed E-state index contributed by atoms with van der Waals surface area (Å²) in [4.78, 5) is 24.5. The van der Waals surface area contributed by atoms with Crippen molar-refractivity contribution in [1.82, 2.24) is 0 Å². The van der Waals surface area contributed by atoms with Gasteiger partial charge >= 0.3 is 11.9 Å². The lowest BCUT2D eigenvalue weighted by molar-refractivity contribution is -0.163. The van der Waals surface area contributed by atoms with Crippen LogP contribution in [0.5, 0.6) is 5.75 Å². The molecular formula is C16H18O5. The molecular weight excluding hydrogens is 272 g/mol. The third kappa shape index (κ3) is 1.91. The van der Waals surface area contributed by atoms with E-state index < -0.39 is 17.4 Å². The van der Waals surface area contributed by atoms with Gasteiger partial charge in [0.15, 0.2) is 5.41 Å². The lowest BCUT2D eigenvalue weighted by Crippen LogP contribution is -2.39. The van der Waals surface area contributed by atoms with E-state index in [0.29, 0.717) is 6.42 Å². The maximum atomic E-state index is 12.3. The summed E-state index contributed by atoms with van der Waals surface area (Å²) < 4.78 is 15.5. The predicted molar refractivity (Wildman–Crippen MR) is 73.6 cm³/mol. The highest BCUT2D eigenvalue weighted by atomic mass is 16.6. The summed E-state index contributed by atoms with van der Waals surface area (Å²) in [5.41, 5.74) is -0.221. The Morgan fingerprint density at radius 3 is 2.62 bits per heavy atom. The molecule has 3 rings (SSSR count). The summed E-state index contributed by atoms with van der Waals surface area (Å²) in [6.07, 6.45) is 1.75. The van der Waals surface area contributed by atoms with Crippen molar-refractivity contribution >= 4 is 11.9 Å². The number of fused-ring (bicyclic) bond motifs is 1. The van der Waals surface area contributed by atoms with Crippen LogP contribution in [0.3, 0.4) is 0 Å². The number of hydrogen-bond donors (Lipinski definition) is 0. The number of carbonyl (C=O) groups excluding carboxylic acids is 2. The van der Waals surface area contributed by atoms with Gasteiger partial charge in [0.2, 0.25) is 0 Å². The van der Waals surface area contributed by atoms with Gasteiger partial charge < -0.3 is 14.2 Å². The van der Waals surface area contributed by atoms with Crippen molar-refractivity contribution < 1.29 is 23.8 Å². The van der Waals surface area contributed by atoms with Crippen LogP contribution in [0.2, 0.25) is 0 Å². The average molecular weight is 290 g/mol. The van der Waals surface area contributed by atoms with Crippen molar-refractivity contribution in [2.45, 2.75) is 25.4 Å². The zero-order valence-electron chi connectivity index (χ0n) is 12.1. The molecule has 0 bridgehead atoms. The van der Waals surface area contributed by atoms with E-state index in [4.69, 9.17) is 14.2 Å². The van der Waals surface area contributed by atoms with Gasteiger partial charge in [0.05, 0.1) is 14.2 Å². The number of carbonyl (C=O) groups is 2. The molecule has 0 radical (unpaired) electrons. The molecule has 0 spiro atoms. The number of benzene rings is 1. The van der Waals surface area contributed by atoms with Crippen molar-refractivity contribution in [3.8, 4) is 5.75 Å². The molecule has 0 unspecified atom stereocenters. The molecule has 5 nitrogen and oxygen atoms in total. The largest absolute Gasteiger partial charge is 0.497 e. The number of esters is 2. The Morgan fingerprint density at radius 2 is 2.00 bits per heavy atom. The molecule has 1 heterocycles. The van der Waals surface area contributed by atoms with Crippen molar-refractivity contribution in [2.75, 3.05) is 14.2 Å². The SMILES string of the molecule is COC(=O)[C@]12CCC[C@H]1[C@H](c1ccc(OC)cc1)OC2=O. The van der Waals surface area contributed by atoms with Crippen LogP contribution in [0.4, 0.5) is 0 Å². The molecule has 0 amide bonds. The molecule has 0 N–H and O–H groups in total. The molecule has 3 atom stereocenters. The third-order valence-electron chi connectivity index (χ3n) is 4.68. The van der Waals surface area contributed by atoms with Gasteiger partial charge in [0, 0.05) is 5.92 Å². The molecule has 1 aromatic carbocycles. The lowest BCUT2D eigenvalue weighted by Gasteiger charge is -2.22. The quantitative estimate of drug-likeness (QED) is 0.631. The molecule has 2 aliphatic rings. The predicted octanol–water partition coefficient (Wildman–Crippen LogP) is 2.25. The summed E-state index contributed by atoms with van der Waals surface area (Å²) in [5, 5.41) is 0. The molecule has 1 aromatic rings. The highest BCUT2D eigenvalue weighted by molar-refractivity contribution is 6.02. The maximum absolute atomic E-state index is 12.3. The number of ether oxygens (including phenoxy) is 3. The van der Waals surface area contributed by atoms with Gasteiger partial charge in [-0.3, -0.25) is 9.59 Å². The second-order valence-electron chi connectivity index (χ2n) is 5.56. The number of cyclic esters (lactones) is 1. The summed E-state index contributed by atoms with van der Waals surface area (Å²) in [6.45, 7) is 0. The highest BCUT2D eigenvalue weighted by Crippen LogP contribution is 2.57. The molecule has 2 fully saturated rings. The minimum Gasteiger partial charge on any atom is -0.497 e. The van der Waals surface area contributed by atoms with Gasteiger partial charge in [-0.15, -0.1) is 0 Å². The van der Waals surface area contributed by atoms with Crippen LogP contribution < -0.4 is 4.74 Å². The van der Waals surface area contributed by atoms with Gasteiger partial charge in [-0.05, 0) is 30.5 Å². The number of hydrogen-bond acceptors (Lipinski definition) is 5. The smallest absolute Gasteiger partial charge is 0.324 e. The summed E-state index contributed by atoms with van der Waals surface area (Å²) in [5.74, 6) is -0.316. The summed E-state index contributed by atoms with van der Waals surface area (Å²) in [7, 11) is 2.92. The van der Waals surface area contributed by atoms with Crippen LogP contribution in [-0.4, -0.2) is 26.2 Å². The first-order valence-corrected chi connectivity index (χ1v) is 7.07. The van der Waals surface area contributed by atoms with Gasteiger partial charge in [0.1, 0.15) is 11.9 Å². The first-order valence-electron chi connectivity index (χ1n) is 7.07. The minimum atomic E-state index is -1.11. The van der Waals surface area contributed by atoms with E-state index in [0.717, 1.165) is 24.2 Å². The first-order chi connectivity index (χ1) is 10.1. The average Bonchev–Trinajstić information content (AvgIpc) is 3.07. The lowest BCUT2D eigenvalue weighted by atomic mass is 9.76. The molecule has 21 heavy (non-hydrogen) atoms. The van der Waals surface area contributed by atoms with Crippen molar-refractivity contribution in [3.05, 3.63) is 29.8 Å². The minimum absolute atomic E-state index is 0.147. The van der Waals surface area contributed by atoms with Gasteiger partial charge in [-0.2, -0.15) is 0 Å². The van der Waals surface area contributed by atoms with E-state index >= 15 is 0 Å². The van der Waals surface area contributed by atoms with E-state index in [9.17, 15) is 9.59 Å². The Balaban J connectivity index is 1.95. The zero-order chi connectivity index (χ0) is 15.0. The Morgan fingerprint density at radius 1 is 1.29 bits per heavy atom.